The number of carbonyl (C=O) groups excluding carboxylic acids is 1. The minimum Gasteiger partial charge on any atom is -0.450 e. The minimum absolute atomic E-state index is 0.213. The molecule has 1 fully saturated rings. The van der Waals surface area contributed by atoms with Gasteiger partial charge in [0.2, 0.25) is 0 Å². The summed E-state index contributed by atoms with van der Waals surface area (Å²) in [6.07, 6.45) is 6.73. The maximum atomic E-state index is 13.4. The number of pyridine rings is 1. The molecule has 0 aliphatic carbocycles. The van der Waals surface area contributed by atoms with Crippen molar-refractivity contribution in [2.45, 2.75) is 25.8 Å². The Morgan fingerprint density at radius 1 is 1.10 bits per heavy atom. The maximum Gasteiger partial charge on any atom is 0.409 e. The van der Waals surface area contributed by atoms with Gasteiger partial charge in [0.1, 0.15) is 5.82 Å². The van der Waals surface area contributed by atoms with Crippen molar-refractivity contribution in [3.05, 3.63) is 60.9 Å². The number of likely N-dealkylation sites (tertiary alicyclic amines) is 1. The molecule has 1 aliphatic heterocycles. The van der Waals surface area contributed by atoms with Gasteiger partial charge in [0, 0.05) is 42.7 Å². The second-order valence-corrected chi connectivity index (χ2v) is 7.01. The molecule has 4 rings (SSSR count). The number of amides is 1. The van der Waals surface area contributed by atoms with Gasteiger partial charge in [-0.2, -0.15) is 0 Å². The molecule has 0 atom stereocenters. The van der Waals surface area contributed by atoms with Crippen molar-refractivity contribution in [1.29, 1.82) is 0 Å². The number of imidazole rings is 1. The average molecular weight is 394 g/mol. The number of aromatic nitrogens is 3. The molecule has 3 heterocycles. The van der Waals surface area contributed by atoms with E-state index in [1.165, 1.54) is 12.1 Å². The van der Waals surface area contributed by atoms with Crippen LogP contribution in [0.4, 0.5) is 9.18 Å². The van der Waals surface area contributed by atoms with Crippen molar-refractivity contribution < 1.29 is 13.9 Å². The highest BCUT2D eigenvalue weighted by molar-refractivity contribution is 5.78. The van der Waals surface area contributed by atoms with Gasteiger partial charge in [0.15, 0.2) is 0 Å². The second-order valence-electron chi connectivity index (χ2n) is 7.01. The Balaban J connectivity index is 1.66. The fourth-order valence-electron chi connectivity index (χ4n) is 3.79. The van der Waals surface area contributed by atoms with Crippen LogP contribution in [0.1, 0.15) is 25.8 Å². The van der Waals surface area contributed by atoms with Gasteiger partial charge in [-0.3, -0.25) is 4.98 Å². The zero-order valence-corrected chi connectivity index (χ0v) is 16.3. The Kier molecular flexibility index (Phi) is 5.55. The third-order valence-corrected chi connectivity index (χ3v) is 5.25. The van der Waals surface area contributed by atoms with Crippen molar-refractivity contribution >= 4 is 6.09 Å². The summed E-state index contributed by atoms with van der Waals surface area (Å²) in [5, 5.41) is 0. The molecule has 150 valence electrons. The minimum atomic E-state index is -0.273. The molecular weight excluding hydrogens is 371 g/mol. The third kappa shape index (κ3) is 3.99. The number of rotatable bonds is 4. The summed E-state index contributed by atoms with van der Waals surface area (Å²) in [5.74, 6) is -0.273. The van der Waals surface area contributed by atoms with Crippen LogP contribution < -0.4 is 0 Å². The van der Waals surface area contributed by atoms with Gasteiger partial charge in [0.05, 0.1) is 24.3 Å². The molecule has 6 nitrogen and oxygen atoms in total. The Hall–Kier alpha value is -3.22. The molecule has 0 bridgehead atoms. The van der Waals surface area contributed by atoms with Crippen molar-refractivity contribution in [3.63, 3.8) is 0 Å². The molecular formula is C22H23FN4O2. The predicted molar refractivity (Wildman–Crippen MR) is 108 cm³/mol. The van der Waals surface area contributed by atoms with Crippen molar-refractivity contribution in [1.82, 2.24) is 19.4 Å². The lowest BCUT2D eigenvalue weighted by Gasteiger charge is -2.32. The zero-order chi connectivity index (χ0) is 20.2. The number of piperidine rings is 1. The monoisotopic (exact) mass is 394 g/mol. The van der Waals surface area contributed by atoms with E-state index in [4.69, 9.17) is 4.74 Å². The Morgan fingerprint density at radius 3 is 2.45 bits per heavy atom. The first kappa shape index (κ1) is 19.1. The van der Waals surface area contributed by atoms with Crippen LogP contribution in [0.15, 0.2) is 55.1 Å². The fourth-order valence-corrected chi connectivity index (χ4v) is 3.79. The first-order valence-electron chi connectivity index (χ1n) is 9.82. The summed E-state index contributed by atoms with van der Waals surface area (Å²) in [6, 6.07) is 10.5. The van der Waals surface area contributed by atoms with Crippen LogP contribution in [0.25, 0.3) is 22.5 Å². The van der Waals surface area contributed by atoms with Gasteiger partial charge in [-0.25, -0.2) is 14.2 Å². The number of hydrogen-bond donors (Lipinski definition) is 0. The maximum absolute atomic E-state index is 13.4. The predicted octanol–water partition coefficient (Wildman–Crippen LogP) is 4.54. The lowest BCUT2D eigenvalue weighted by atomic mass is 10.0. The highest BCUT2D eigenvalue weighted by atomic mass is 19.1. The molecule has 1 saturated heterocycles. The van der Waals surface area contributed by atoms with Crippen LogP contribution >= 0.6 is 0 Å². The molecule has 0 N–H and O–H groups in total. The van der Waals surface area contributed by atoms with E-state index < -0.39 is 0 Å². The molecule has 29 heavy (non-hydrogen) atoms. The van der Waals surface area contributed by atoms with Gasteiger partial charge in [-0.15, -0.1) is 0 Å². The van der Waals surface area contributed by atoms with Crippen LogP contribution in [0, 0.1) is 5.82 Å². The summed E-state index contributed by atoms with van der Waals surface area (Å²) in [5.41, 5.74) is 3.66. The van der Waals surface area contributed by atoms with E-state index in [9.17, 15) is 9.18 Å². The number of nitrogens with zero attached hydrogens (tertiary/aromatic N) is 4. The largest absolute Gasteiger partial charge is 0.450 e. The van der Waals surface area contributed by atoms with E-state index in [1.807, 2.05) is 25.4 Å². The summed E-state index contributed by atoms with van der Waals surface area (Å²) in [4.78, 5) is 22.5. The SMILES string of the molecule is CCOC(=O)N1CCC(n2cnc(-c3ccc(F)cc3)c2-c2ccncc2)CC1. The van der Waals surface area contributed by atoms with E-state index >= 15 is 0 Å². The quantitative estimate of drug-likeness (QED) is 0.652. The molecule has 2 aromatic heterocycles. The number of benzene rings is 1. The lowest BCUT2D eigenvalue weighted by molar-refractivity contribution is 0.0928. The zero-order valence-electron chi connectivity index (χ0n) is 16.3. The fraction of sp³-hybridized carbons (Fsp3) is 0.318. The normalized spacial score (nSPS) is 14.8. The van der Waals surface area contributed by atoms with Gasteiger partial charge in [-0.05, 0) is 56.2 Å². The molecule has 0 spiro atoms. The summed E-state index contributed by atoms with van der Waals surface area (Å²) < 4.78 is 20.7. The number of halogens is 1. The van der Waals surface area contributed by atoms with Crippen LogP contribution in [0.3, 0.4) is 0 Å². The van der Waals surface area contributed by atoms with Crippen molar-refractivity contribution in [2.24, 2.45) is 0 Å². The second kappa shape index (κ2) is 8.43. The third-order valence-electron chi connectivity index (χ3n) is 5.25. The van der Waals surface area contributed by atoms with Crippen molar-refractivity contribution in [3.8, 4) is 22.5 Å². The molecule has 0 unspecified atom stereocenters. The van der Waals surface area contributed by atoms with Crippen molar-refractivity contribution in [2.75, 3.05) is 19.7 Å². The smallest absolute Gasteiger partial charge is 0.409 e. The van der Waals surface area contributed by atoms with Gasteiger partial charge in [0.25, 0.3) is 0 Å². The lowest BCUT2D eigenvalue weighted by Crippen LogP contribution is -2.39. The average Bonchev–Trinajstić information content (AvgIpc) is 3.20. The van der Waals surface area contributed by atoms with E-state index in [2.05, 4.69) is 14.5 Å². The summed E-state index contributed by atoms with van der Waals surface area (Å²) in [6.45, 7) is 3.48. The first-order chi connectivity index (χ1) is 14.2. The van der Waals surface area contributed by atoms with Crippen LogP contribution in [-0.4, -0.2) is 45.2 Å². The number of ether oxygens (including phenoxy) is 1. The van der Waals surface area contributed by atoms with Gasteiger partial charge < -0.3 is 14.2 Å². The number of carbonyl (C=O) groups is 1. The van der Waals surface area contributed by atoms with E-state index in [0.717, 1.165) is 35.4 Å². The molecule has 7 heteroatoms. The molecule has 1 aliphatic rings. The van der Waals surface area contributed by atoms with Crippen LogP contribution in [0.2, 0.25) is 0 Å². The molecule has 1 aromatic carbocycles. The summed E-state index contributed by atoms with van der Waals surface area (Å²) >= 11 is 0. The summed E-state index contributed by atoms with van der Waals surface area (Å²) in [7, 11) is 0. The van der Waals surface area contributed by atoms with E-state index in [-0.39, 0.29) is 18.0 Å². The topological polar surface area (TPSA) is 60.2 Å². The van der Waals surface area contributed by atoms with Gasteiger partial charge >= 0.3 is 6.09 Å². The molecule has 0 radical (unpaired) electrons. The Morgan fingerprint density at radius 2 is 1.79 bits per heavy atom. The Labute approximate surface area is 169 Å². The molecule has 3 aromatic rings. The highest BCUT2D eigenvalue weighted by Crippen LogP contribution is 2.35. The van der Waals surface area contributed by atoms with Gasteiger partial charge in [-0.1, -0.05) is 0 Å². The molecule has 0 saturated carbocycles. The van der Waals surface area contributed by atoms with E-state index in [0.29, 0.717) is 19.7 Å². The Bertz CT molecular complexity index is 964. The molecule has 1 amide bonds. The number of hydrogen-bond acceptors (Lipinski definition) is 4. The van der Waals surface area contributed by atoms with Crippen LogP contribution in [0.5, 0.6) is 0 Å². The van der Waals surface area contributed by atoms with Crippen LogP contribution in [-0.2, 0) is 4.74 Å². The standard InChI is InChI=1S/C22H23FN4O2/c1-2-29-22(28)26-13-9-19(10-14-26)27-15-25-20(16-3-5-18(23)6-4-16)21(27)17-7-11-24-12-8-17/h3-8,11-12,15,19H,2,9-10,13-14H2,1H3. The first-order valence-corrected chi connectivity index (χ1v) is 9.82. The van der Waals surface area contributed by atoms with E-state index in [1.54, 1.807) is 29.4 Å². The highest BCUT2D eigenvalue weighted by Gasteiger charge is 2.27.